The summed E-state index contributed by atoms with van der Waals surface area (Å²) in [6, 6.07) is 32.3. The molecule has 3 aromatic carbocycles. The first-order valence-corrected chi connectivity index (χ1v) is 11.0. The van der Waals surface area contributed by atoms with Gasteiger partial charge in [0.1, 0.15) is 0 Å². The largest absolute Gasteiger partial charge is 0.0882 e. The van der Waals surface area contributed by atoms with Crippen LogP contribution in [0.5, 0.6) is 0 Å². The summed E-state index contributed by atoms with van der Waals surface area (Å²) in [6.45, 7) is 0. The lowest BCUT2D eigenvalue weighted by atomic mass is 10.1. The number of allylic oxidation sites excluding steroid dienone is 4. The topological polar surface area (TPSA) is 0 Å². The molecular formula is C26H27P. The van der Waals surface area contributed by atoms with Crippen LogP contribution in [0.2, 0.25) is 0 Å². The molecule has 0 fully saturated rings. The number of hydrogen-bond acceptors (Lipinski definition) is 0. The predicted molar refractivity (Wildman–Crippen MR) is 122 cm³/mol. The van der Waals surface area contributed by atoms with Crippen molar-refractivity contribution in [3.63, 3.8) is 0 Å². The van der Waals surface area contributed by atoms with E-state index in [4.69, 9.17) is 0 Å². The monoisotopic (exact) mass is 370 g/mol. The number of benzene rings is 3. The van der Waals surface area contributed by atoms with Crippen molar-refractivity contribution in [2.24, 2.45) is 0 Å². The van der Waals surface area contributed by atoms with E-state index in [9.17, 15) is 0 Å². The van der Waals surface area contributed by atoms with E-state index in [1.54, 1.807) is 0 Å². The third kappa shape index (κ3) is 6.35. The molecule has 136 valence electrons. The summed E-state index contributed by atoms with van der Waals surface area (Å²) in [6.07, 6.45) is 14.0. The minimum Gasteiger partial charge on any atom is -0.0882 e. The van der Waals surface area contributed by atoms with Gasteiger partial charge in [0.15, 0.2) is 0 Å². The summed E-state index contributed by atoms with van der Waals surface area (Å²) < 4.78 is 0. The fourth-order valence-electron chi connectivity index (χ4n) is 3.03. The van der Waals surface area contributed by atoms with Crippen LogP contribution >= 0.6 is 7.92 Å². The predicted octanol–water partition coefficient (Wildman–Crippen LogP) is 6.12. The lowest BCUT2D eigenvalue weighted by Crippen LogP contribution is -2.20. The summed E-state index contributed by atoms with van der Waals surface area (Å²) in [7, 11) is -0.446. The van der Waals surface area contributed by atoms with E-state index in [0.717, 1.165) is 0 Å². The molecule has 0 atom stereocenters. The molecule has 0 aliphatic heterocycles. The van der Waals surface area contributed by atoms with Crippen molar-refractivity contribution >= 4 is 23.8 Å². The Morgan fingerprint density at radius 2 is 0.630 bits per heavy atom. The van der Waals surface area contributed by atoms with E-state index < -0.39 is 7.92 Å². The molecule has 0 spiro atoms. The molecule has 0 saturated carbocycles. The summed E-state index contributed by atoms with van der Waals surface area (Å²) in [5.41, 5.74) is 0. The molecule has 1 aliphatic rings. The van der Waals surface area contributed by atoms with Gasteiger partial charge in [0.25, 0.3) is 0 Å². The van der Waals surface area contributed by atoms with Crippen molar-refractivity contribution in [3.8, 4) is 0 Å². The van der Waals surface area contributed by atoms with E-state index in [1.165, 1.54) is 41.6 Å². The van der Waals surface area contributed by atoms with E-state index in [2.05, 4.69) is 115 Å². The zero-order valence-electron chi connectivity index (χ0n) is 15.7. The summed E-state index contributed by atoms with van der Waals surface area (Å²) in [5, 5.41) is 4.19. The Hall–Kier alpha value is -2.43. The first kappa shape index (κ1) is 19.3. The highest BCUT2D eigenvalue weighted by atomic mass is 31.1. The van der Waals surface area contributed by atoms with E-state index >= 15 is 0 Å². The maximum absolute atomic E-state index is 2.27. The molecule has 0 radical (unpaired) electrons. The van der Waals surface area contributed by atoms with Gasteiger partial charge in [-0.2, -0.15) is 0 Å². The fourth-order valence-corrected chi connectivity index (χ4v) is 5.34. The van der Waals surface area contributed by atoms with Gasteiger partial charge in [-0.25, -0.2) is 0 Å². The molecule has 0 amide bonds. The van der Waals surface area contributed by atoms with Crippen molar-refractivity contribution in [1.82, 2.24) is 0 Å². The van der Waals surface area contributed by atoms with Gasteiger partial charge in [-0.15, -0.1) is 0 Å². The van der Waals surface area contributed by atoms with Gasteiger partial charge in [0, 0.05) is 0 Å². The van der Waals surface area contributed by atoms with Gasteiger partial charge in [-0.3, -0.25) is 0 Å². The minimum atomic E-state index is -0.446. The molecule has 0 aromatic heterocycles. The average Bonchev–Trinajstić information content (AvgIpc) is 2.71. The van der Waals surface area contributed by atoms with E-state index in [1.807, 2.05) is 0 Å². The standard InChI is InChI=1S/C18H15P.C8H12/c1-4-10-16(11-5-1)19(17-12-6-2-7-13-17)18-14-8-3-9-15-18;1-2-4-6-8-7-5-3-1/h1-15H;1-2,7-8H,3-6H2. The molecule has 1 heteroatoms. The highest BCUT2D eigenvalue weighted by molar-refractivity contribution is 7.79. The van der Waals surface area contributed by atoms with E-state index in [0.29, 0.717) is 0 Å². The Balaban J connectivity index is 0.000000221. The van der Waals surface area contributed by atoms with Gasteiger partial charge in [0.2, 0.25) is 0 Å². The molecule has 0 unspecified atom stereocenters. The van der Waals surface area contributed by atoms with Crippen LogP contribution < -0.4 is 15.9 Å². The SMILES string of the molecule is C1=CCCC=CCC1.c1ccc(P(c2ccccc2)c2ccccc2)cc1. The van der Waals surface area contributed by atoms with Crippen molar-refractivity contribution in [2.75, 3.05) is 0 Å². The average molecular weight is 370 g/mol. The Kier molecular flexibility index (Phi) is 8.11. The van der Waals surface area contributed by atoms with Crippen LogP contribution in [0.1, 0.15) is 25.7 Å². The van der Waals surface area contributed by atoms with Gasteiger partial charge in [-0.1, -0.05) is 115 Å². The van der Waals surface area contributed by atoms with E-state index in [-0.39, 0.29) is 0 Å². The highest BCUT2D eigenvalue weighted by Gasteiger charge is 2.14. The molecule has 27 heavy (non-hydrogen) atoms. The van der Waals surface area contributed by atoms with Crippen LogP contribution in [-0.2, 0) is 0 Å². The zero-order valence-corrected chi connectivity index (χ0v) is 16.6. The van der Waals surface area contributed by atoms with Gasteiger partial charge < -0.3 is 0 Å². The van der Waals surface area contributed by atoms with Gasteiger partial charge >= 0.3 is 0 Å². The van der Waals surface area contributed by atoms with Crippen molar-refractivity contribution in [2.45, 2.75) is 25.7 Å². The van der Waals surface area contributed by atoms with Crippen LogP contribution in [-0.4, -0.2) is 0 Å². The Bertz CT molecular complexity index is 700. The van der Waals surface area contributed by atoms with Crippen LogP contribution in [0, 0.1) is 0 Å². The Morgan fingerprint density at radius 1 is 0.370 bits per heavy atom. The van der Waals surface area contributed by atoms with Crippen LogP contribution in [0.25, 0.3) is 0 Å². The number of hydrogen-bond donors (Lipinski definition) is 0. The van der Waals surface area contributed by atoms with Gasteiger partial charge in [-0.05, 0) is 49.5 Å². The third-order valence-electron chi connectivity index (χ3n) is 4.38. The third-order valence-corrected chi connectivity index (χ3v) is 6.82. The molecule has 3 aromatic rings. The fraction of sp³-hybridized carbons (Fsp3) is 0.154. The highest BCUT2D eigenvalue weighted by Crippen LogP contribution is 2.32. The van der Waals surface area contributed by atoms with Gasteiger partial charge in [0.05, 0.1) is 0 Å². The molecule has 0 N–H and O–H groups in total. The first-order valence-electron chi connectivity index (χ1n) is 9.70. The van der Waals surface area contributed by atoms with Crippen LogP contribution in [0.3, 0.4) is 0 Å². The van der Waals surface area contributed by atoms with Crippen molar-refractivity contribution in [1.29, 1.82) is 0 Å². The van der Waals surface area contributed by atoms with Crippen molar-refractivity contribution < 1.29 is 0 Å². The normalized spacial score (nSPS) is 13.4. The van der Waals surface area contributed by atoms with Crippen molar-refractivity contribution in [3.05, 3.63) is 115 Å². The second-order valence-electron chi connectivity index (χ2n) is 6.44. The quantitative estimate of drug-likeness (QED) is 0.385. The molecule has 0 saturated heterocycles. The number of rotatable bonds is 3. The zero-order chi connectivity index (χ0) is 18.6. The lowest BCUT2D eigenvalue weighted by Gasteiger charge is -2.18. The molecule has 0 bridgehead atoms. The smallest absolute Gasteiger partial charge is 0.0134 e. The Morgan fingerprint density at radius 3 is 0.889 bits per heavy atom. The molecule has 0 heterocycles. The molecule has 0 nitrogen and oxygen atoms in total. The Labute approximate surface area is 165 Å². The second-order valence-corrected chi connectivity index (χ2v) is 8.66. The molecular weight excluding hydrogens is 343 g/mol. The summed E-state index contributed by atoms with van der Waals surface area (Å²) >= 11 is 0. The van der Waals surface area contributed by atoms with Crippen LogP contribution in [0.4, 0.5) is 0 Å². The lowest BCUT2D eigenvalue weighted by molar-refractivity contribution is 0.962. The maximum Gasteiger partial charge on any atom is -0.0134 e. The molecule has 4 rings (SSSR count). The summed E-state index contributed by atoms with van der Waals surface area (Å²) in [5.74, 6) is 0. The first-order chi connectivity index (χ1) is 13.4. The molecule has 1 aliphatic carbocycles. The summed E-state index contributed by atoms with van der Waals surface area (Å²) in [4.78, 5) is 0. The minimum absolute atomic E-state index is 0.446. The van der Waals surface area contributed by atoms with Crippen LogP contribution in [0.15, 0.2) is 115 Å². The maximum atomic E-state index is 2.27. The second kappa shape index (κ2) is 11.3.